The van der Waals surface area contributed by atoms with Crippen molar-refractivity contribution in [1.29, 1.82) is 0 Å². The maximum absolute atomic E-state index is 5.24. The van der Waals surface area contributed by atoms with Crippen LogP contribution in [0.5, 0.6) is 0 Å². The van der Waals surface area contributed by atoms with Crippen molar-refractivity contribution in [3.8, 4) is 45.3 Å². The van der Waals surface area contributed by atoms with Crippen molar-refractivity contribution in [2.45, 2.75) is 19.3 Å². The third-order valence-corrected chi connectivity index (χ3v) is 14.1. The lowest BCUT2D eigenvalue weighted by Crippen LogP contribution is -2.26. The summed E-state index contributed by atoms with van der Waals surface area (Å²) < 4.78 is 7.73. The van der Waals surface area contributed by atoms with E-state index in [1.165, 1.54) is 80.6 Å². The number of thiophene rings is 1. The van der Waals surface area contributed by atoms with Crippen molar-refractivity contribution in [3.63, 3.8) is 0 Å². The number of rotatable bonds is 4. The van der Waals surface area contributed by atoms with E-state index in [9.17, 15) is 0 Å². The summed E-state index contributed by atoms with van der Waals surface area (Å²) in [5, 5.41) is 7.79. The van der Waals surface area contributed by atoms with Gasteiger partial charge in [0.2, 0.25) is 0 Å². The van der Waals surface area contributed by atoms with Crippen molar-refractivity contribution >= 4 is 75.1 Å². The second-order valence-electron chi connectivity index (χ2n) is 16.5. The highest BCUT2D eigenvalue weighted by atomic mass is 32.1. The monoisotopic (exact) mass is 784 g/mol. The van der Waals surface area contributed by atoms with E-state index in [4.69, 9.17) is 9.97 Å². The van der Waals surface area contributed by atoms with E-state index in [0.29, 0.717) is 5.82 Å². The molecule has 0 amide bonds. The van der Waals surface area contributed by atoms with Gasteiger partial charge in [0.1, 0.15) is 0 Å². The van der Waals surface area contributed by atoms with Gasteiger partial charge in [-0.15, -0.1) is 11.3 Å². The lowest BCUT2D eigenvalue weighted by molar-refractivity contribution is 0.630. The van der Waals surface area contributed by atoms with Crippen LogP contribution >= 0.6 is 11.3 Å². The Labute approximate surface area is 350 Å². The second-order valence-corrected chi connectivity index (χ2v) is 17.6. The van der Waals surface area contributed by atoms with Gasteiger partial charge in [0, 0.05) is 64.8 Å². The van der Waals surface area contributed by atoms with E-state index in [1.807, 2.05) is 35.6 Å². The van der Waals surface area contributed by atoms with Crippen molar-refractivity contribution in [3.05, 3.63) is 193 Å². The molecule has 8 aromatic carbocycles. The SMILES string of the molecule is CC1(C)c2ccccc2-n2c3c1cccc3c1c3c4ccccc4sc3c3c(c4ccccc4n3-c3cccc(-c4cc(-c5ccccc5)nc(-c5ccccc5)n4)c3)c12. The van der Waals surface area contributed by atoms with Gasteiger partial charge in [-0.2, -0.15) is 0 Å². The molecule has 13 rings (SSSR count). The zero-order valence-corrected chi connectivity index (χ0v) is 33.8. The quantitative estimate of drug-likeness (QED) is 0.178. The average Bonchev–Trinajstić information content (AvgIpc) is 3.97. The maximum Gasteiger partial charge on any atom is 0.160 e. The van der Waals surface area contributed by atoms with Crippen molar-refractivity contribution in [2.75, 3.05) is 0 Å². The molecule has 60 heavy (non-hydrogen) atoms. The molecule has 282 valence electrons. The highest BCUT2D eigenvalue weighted by Gasteiger charge is 2.37. The molecular weight excluding hydrogens is 749 g/mol. The number of benzene rings is 8. The first-order valence-electron chi connectivity index (χ1n) is 20.6. The molecule has 0 aliphatic carbocycles. The van der Waals surface area contributed by atoms with E-state index in [2.05, 4.69) is 181 Å². The summed E-state index contributed by atoms with van der Waals surface area (Å²) in [5.41, 5.74) is 14.8. The molecule has 5 heterocycles. The van der Waals surface area contributed by atoms with E-state index >= 15 is 0 Å². The first kappa shape index (κ1) is 33.6. The largest absolute Gasteiger partial charge is 0.308 e. The summed E-state index contributed by atoms with van der Waals surface area (Å²) in [6.07, 6.45) is 0. The van der Waals surface area contributed by atoms with Crippen molar-refractivity contribution in [1.82, 2.24) is 19.1 Å². The lowest BCUT2D eigenvalue weighted by atomic mass is 9.75. The molecule has 0 atom stereocenters. The Kier molecular flexibility index (Phi) is 6.91. The predicted molar refractivity (Wildman–Crippen MR) is 252 cm³/mol. The Morgan fingerprint density at radius 1 is 0.450 bits per heavy atom. The summed E-state index contributed by atoms with van der Waals surface area (Å²) >= 11 is 1.91. The second kappa shape index (κ2) is 12.3. The molecule has 1 aliphatic rings. The van der Waals surface area contributed by atoms with Gasteiger partial charge < -0.3 is 9.13 Å². The number of para-hydroxylation sites is 3. The van der Waals surface area contributed by atoms with Crippen LogP contribution in [0.3, 0.4) is 0 Å². The molecule has 0 saturated heterocycles. The van der Waals surface area contributed by atoms with Gasteiger partial charge >= 0.3 is 0 Å². The maximum atomic E-state index is 5.24. The van der Waals surface area contributed by atoms with Crippen LogP contribution in [0.4, 0.5) is 0 Å². The van der Waals surface area contributed by atoms with Crippen LogP contribution in [-0.2, 0) is 5.41 Å². The van der Waals surface area contributed by atoms with Crippen molar-refractivity contribution in [2.24, 2.45) is 0 Å². The standard InChI is InChI=1S/C55H36N4S/c1-55(2)40-26-11-13-29-45(40)59-50-39(25-16-27-41(50)55)47-48-38-24-10-14-30-46(38)60-53(48)52-49(51(47)59)37-23-9-12-28-44(37)58(52)36-22-15-21-35(31-36)43-32-42(33-17-5-3-6-18-33)56-54(57-43)34-19-7-4-8-20-34/h3-32H,1-2H3. The molecule has 1 aliphatic heterocycles. The summed E-state index contributed by atoms with van der Waals surface area (Å²) in [7, 11) is 0. The van der Waals surface area contributed by atoms with E-state index < -0.39 is 0 Å². The summed E-state index contributed by atoms with van der Waals surface area (Å²) in [6.45, 7) is 4.77. The minimum Gasteiger partial charge on any atom is -0.308 e. The molecule has 4 nitrogen and oxygen atoms in total. The molecule has 0 saturated carbocycles. The first-order chi connectivity index (χ1) is 29.5. The Hall–Kier alpha value is -7.34. The minimum absolute atomic E-state index is 0.161. The fourth-order valence-electron chi connectivity index (χ4n) is 10.2. The van der Waals surface area contributed by atoms with Crippen molar-refractivity contribution < 1.29 is 0 Å². The molecule has 5 heteroatoms. The van der Waals surface area contributed by atoms with E-state index in [0.717, 1.165) is 33.8 Å². The van der Waals surface area contributed by atoms with E-state index in [1.54, 1.807) is 0 Å². The molecule has 0 spiro atoms. The first-order valence-corrected chi connectivity index (χ1v) is 21.4. The highest BCUT2D eigenvalue weighted by molar-refractivity contribution is 7.27. The number of hydrogen-bond donors (Lipinski definition) is 0. The summed E-state index contributed by atoms with van der Waals surface area (Å²) in [6, 6.07) is 65.8. The zero-order chi connectivity index (χ0) is 39.7. The molecular formula is C55H36N4S. The van der Waals surface area contributed by atoms with Crippen LogP contribution in [0.1, 0.15) is 25.0 Å². The molecule has 0 bridgehead atoms. The Bertz CT molecular complexity index is 3680. The lowest BCUT2D eigenvalue weighted by Gasteiger charge is -2.34. The number of fused-ring (bicyclic) bond motifs is 14. The zero-order valence-electron chi connectivity index (χ0n) is 33.0. The molecule has 0 fully saturated rings. The van der Waals surface area contributed by atoms with Gasteiger partial charge in [0.15, 0.2) is 5.82 Å². The highest BCUT2D eigenvalue weighted by Crippen LogP contribution is 2.54. The smallest absolute Gasteiger partial charge is 0.160 e. The van der Waals surface area contributed by atoms with Crippen LogP contribution in [0.2, 0.25) is 0 Å². The van der Waals surface area contributed by atoms with Crippen LogP contribution in [0.15, 0.2) is 182 Å². The van der Waals surface area contributed by atoms with Crippen LogP contribution in [0, 0.1) is 0 Å². The number of hydrogen-bond acceptors (Lipinski definition) is 3. The van der Waals surface area contributed by atoms with E-state index in [-0.39, 0.29) is 5.41 Å². The molecule has 0 N–H and O–H groups in total. The molecule has 4 aromatic heterocycles. The third-order valence-electron chi connectivity index (χ3n) is 12.9. The Morgan fingerprint density at radius 2 is 1.08 bits per heavy atom. The topological polar surface area (TPSA) is 35.6 Å². The van der Waals surface area contributed by atoms with Gasteiger partial charge in [-0.25, -0.2) is 9.97 Å². The van der Waals surface area contributed by atoms with Gasteiger partial charge in [-0.1, -0.05) is 159 Å². The Morgan fingerprint density at radius 3 is 1.92 bits per heavy atom. The van der Waals surface area contributed by atoms with Gasteiger partial charge in [-0.3, -0.25) is 0 Å². The van der Waals surface area contributed by atoms with Crippen LogP contribution in [0.25, 0.3) is 109 Å². The van der Waals surface area contributed by atoms with Gasteiger partial charge in [0.05, 0.1) is 43.8 Å². The minimum atomic E-state index is -0.161. The summed E-state index contributed by atoms with van der Waals surface area (Å²) in [4.78, 5) is 10.3. The molecule has 0 radical (unpaired) electrons. The van der Waals surface area contributed by atoms with Gasteiger partial charge in [-0.05, 0) is 47.5 Å². The summed E-state index contributed by atoms with van der Waals surface area (Å²) in [5.74, 6) is 0.709. The normalized spacial score (nSPS) is 13.3. The Balaban J connectivity index is 1.17. The van der Waals surface area contributed by atoms with Crippen LogP contribution in [-0.4, -0.2) is 19.1 Å². The number of aromatic nitrogens is 4. The van der Waals surface area contributed by atoms with Crippen LogP contribution < -0.4 is 0 Å². The number of nitrogens with zero attached hydrogens (tertiary/aromatic N) is 4. The fourth-order valence-corrected chi connectivity index (χ4v) is 11.5. The predicted octanol–water partition coefficient (Wildman–Crippen LogP) is 14.7. The molecule has 0 unspecified atom stereocenters. The van der Waals surface area contributed by atoms with Gasteiger partial charge in [0.25, 0.3) is 0 Å². The average molecular weight is 785 g/mol. The molecule has 12 aromatic rings. The fraction of sp³-hybridized carbons (Fsp3) is 0.0545. The third kappa shape index (κ3) is 4.55.